The van der Waals surface area contributed by atoms with Gasteiger partial charge in [-0.2, -0.15) is 0 Å². The Hall–Kier alpha value is -10.4. The molecule has 0 atom stereocenters. The average Bonchev–Trinajstić information content (AvgIpc) is 1.62. The van der Waals surface area contributed by atoms with Gasteiger partial charge in [-0.25, -0.2) is 9.97 Å². The molecular formula is C107H94BBrCl2N4O2P4Pd. The van der Waals surface area contributed by atoms with Crippen LogP contribution in [0.2, 0.25) is 10.3 Å². The quantitative estimate of drug-likeness (QED) is 0.0614. The Balaban J connectivity index is 0.000000139. The van der Waals surface area contributed by atoms with Crippen LogP contribution in [-0.4, -0.2) is 38.3 Å². The fraction of sp³-hybridized carbons (Fsp3) is 0.0654. The predicted molar refractivity (Wildman–Crippen MR) is 532 cm³/mol. The number of rotatable bonds is 14. The molecule has 0 saturated carbocycles. The third-order valence-electron chi connectivity index (χ3n) is 19.7. The first-order chi connectivity index (χ1) is 58.8. The summed E-state index contributed by atoms with van der Waals surface area (Å²) in [5.41, 5.74) is 4.10. The molecule has 18 aromatic rings. The molecule has 14 aromatic carbocycles. The summed E-state index contributed by atoms with van der Waals surface area (Å²) in [4.78, 5) is 16.6. The minimum atomic E-state index is -0.446. The van der Waals surface area contributed by atoms with Crippen molar-refractivity contribution in [2.75, 3.05) is 0 Å². The van der Waals surface area contributed by atoms with Gasteiger partial charge >= 0.3 is 7.12 Å². The van der Waals surface area contributed by atoms with Crippen molar-refractivity contribution in [3.63, 3.8) is 0 Å². The van der Waals surface area contributed by atoms with E-state index in [9.17, 15) is 0 Å². The predicted octanol–water partition coefficient (Wildman–Crippen LogP) is 23.4. The van der Waals surface area contributed by atoms with Crippen LogP contribution in [-0.2, 0) is 29.7 Å². The molecule has 5 heterocycles. The molecule has 0 amide bonds. The van der Waals surface area contributed by atoms with Crippen molar-refractivity contribution < 1.29 is 29.7 Å². The van der Waals surface area contributed by atoms with Gasteiger partial charge in [-0.05, 0) is 189 Å². The molecule has 19 rings (SSSR count). The van der Waals surface area contributed by atoms with Crippen LogP contribution in [0.4, 0.5) is 0 Å². The molecule has 0 bridgehead atoms. The maximum Gasteiger partial charge on any atom is 0.498 e. The number of pyridine rings is 4. The zero-order valence-corrected chi connectivity index (χ0v) is 75.7. The van der Waals surface area contributed by atoms with Crippen LogP contribution in [0.3, 0.4) is 0 Å². The Morgan fingerprint density at radius 3 is 0.754 bits per heavy atom. The number of halogens is 3. The second-order valence-corrected chi connectivity index (χ2v) is 38.9. The molecule has 0 aliphatic carbocycles. The summed E-state index contributed by atoms with van der Waals surface area (Å²) in [6.45, 7) is 8.04. The molecule has 122 heavy (non-hydrogen) atoms. The van der Waals surface area contributed by atoms with Crippen molar-refractivity contribution in [1.82, 2.24) is 19.9 Å². The molecule has 1 aliphatic rings. The molecule has 1 saturated heterocycles. The molecule has 1 aliphatic heterocycles. The fourth-order valence-electron chi connectivity index (χ4n) is 13.1. The summed E-state index contributed by atoms with van der Waals surface area (Å²) in [6, 6.07) is 157. The monoisotopic (exact) mass is 1860 g/mol. The zero-order chi connectivity index (χ0) is 83.0. The van der Waals surface area contributed by atoms with Gasteiger partial charge in [0.2, 0.25) is 0 Å². The maximum atomic E-state index is 6.08. The van der Waals surface area contributed by atoms with Crippen molar-refractivity contribution in [3.8, 4) is 11.1 Å². The van der Waals surface area contributed by atoms with Gasteiger partial charge in [-0.3, -0.25) is 9.97 Å². The number of hydrogen-bond acceptors (Lipinski definition) is 6. The van der Waals surface area contributed by atoms with Gasteiger partial charge in [0.1, 0.15) is 10.3 Å². The molecule has 4 aromatic heterocycles. The topological polar surface area (TPSA) is 70.0 Å². The number of aromatic nitrogens is 4. The van der Waals surface area contributed by atoms with Gasteiger partial charge < -0.3 is 9.31 Å². The molecule has 6 nitrogen and oxygen atoms in total. The van der Waals surface area contributed by atoms with Gasteiger partial charge in [0, 0.05) is 71.5 Å². The van der Waals surface area contributed by atoms with E-state index in [-0.39, 0.29) is 39.1 Å². The number of benzene rings is 14. The first-order valence-electron chi connectivity index (χ1n) is 39.6. The van der Waals surface area contributed by atoms with E-state index in [1.54, 1.807) is 24.8 Å². The maximum absolute atomic E-state index is 6.08. The normalized spacial score (nSPS) is 11.9. The second kappa shape index (κ2) is 47.9. The smallest absolute Gasteiger partial charge is 0.399 e. The fourth-order valence-corrected chi connectivity index (χ4v) is 23.2. The standard InChI is InChI=1S/4C18H15P.C14H9ClN2.C11H15BClNO2.C9H6BrN.CH4.Pd/c4*1-4-10-16(11-5-1)19(17-12-6-2-7-13-17)18-14-8-3-9-15-18;15-14-12(4-2-8-17-14)10-5-6-13-11(9-10)3-1-7-16-13;1-10(2)11(3,4)16-12(15-10)8-6-5-7-14-9(8)13;10-8-3-4-9-7(6-8)2-1-5-11-9;;/h4*1-15H;1-9H;5-7H,1-4H3;1-6H;1H4;. The van der Waals surface area contributed by atoms with Crippen LogP contribution in [0.25, 0.3) is 32.9 Å². The summed E-state index contributed by atoms with van der Waals surface area (Å²) < 4.78 is 12.9. The van der Waals surface area contributed by atoms with E-state index in [1.165, 1.54) is 69.0 Å². The van der Waals surface area contributed by atoms with Gasteiger partial charge in [0.15, 0.2) is 0 Å². The first kappa shape index (κ1) is 92.3. The van der Waals surface area contributed by atoms with Crippen molar-refractivity contribution >= 4 is 169 Å². The Morgan fingerprint density at radius 1 is 0.262 bits per heavy atom. The summed E-state index contributed by atoms with van der Waals surface area (Å²) in [7, 11) is -2.22. The van der Waals surface area contributed by atoms with Gasteiger partial charge in [0.25, 0.3) is 0 Å². The SMILES string of the molecule is Brc1ccc2ncccc2c1.C.CC1(C)OB(c2cccnc2Cl)OC1(C)C.Clc1ncccc1-c1ccc2ncccc2c1.[Pd].c1ccc(P(c2ccccc2)c2ccccc2)cc1.c1ccc(P(c2ccccc2)c2ccccc2)cc1.c1ccc(P(c2ccccc2)c2ccccc2)cc1.c1ccc(P(c2ccccc2)c2ccccc2)cc1. The van der Waals surface area contributed by atoms with Crippen LogP contribution in [0.1, 0.15) is 35.1 Å². The largest absolute Gasteiger partial charge is 0.498 e. The van der Waals surface area contributed by atoms with Crippen molar-refractivity contribution in [2.45, 2.75) is 46.3 Å². The van der Waals surface area contributed by atoms with Crippen LogP contribution in [0.15, 0.2) is 478 Å². The molecule has 0 unspecified atom stereocenters. The van der Waals surface area contributed by atoms with E-state index >= 15 is 0 Å². The molecule has 0 radical (unpaired) electrons. The second-order valence-electron chi connectivity index (χ2n) is 28.4. The summed E-state index contributed by atoms with van der Waals surface area (Å²) in [5.74, 6) is 0. The third-order valence-corrected chi connectivity index (χ3v) is 30.6. The number of hydrogen-bond donors (Lipinski definition) is 0. The summed E-state index contributed by atoms with van der Waals surface area (Å²) >= 11 is 15.5. The molecular weight excluding hydrogens is 1770 g/mol. The van der Waals surface area contributed by atoms with Crippen LogP contribution in [0.5, 0.6) is 0 Å². The Bertz CT molecular complexity index is 5200. The molecule has 608 valence electrons. The average molecular weight is 1860 g/mol. The van der Waals surface area contributed by atoms with Gasteiger partial charge in [-0.1, -0.05) is 435 Å². The minimum Gasteiger partial charge on any atom is -0.399 e. The summed E-state index contributed by atoms with van der Waals surface area (Å²) in [6.07, 6.45) is 6.93. The van der Waals surface area contributed by atoms with E-state index in [4.69, 9.17) is 32.5 Å². The van der Waals surface area contributed by atoms with Crippen molar-refractivity contribution in [1.29, 1.82) is 0 Å². The molecule has 15 heteroatoms. The van der Waals surface area contributed by atoms with Crippen LogP contribution < -0.4 is 69.1 Å². The molecule has 0 spiro atoms. The van der Waals surface area contributed by atoms with Crippen LogP contribution in [0, 0.1) is 0 Å². The Kier molecular flexibility index (Phi) is 36.2. The zero-order valence-electron chi connectivity index (χ0n) is 67.5. The first-order valence-corrected chi connectivity index (χ1v) is 46.5. The third kappa shape index (κ3) is 26.1. The van der Waals surface area contributed by atoms with Gasteiger partial charge in [0.05, 0.1) is 22.2 Å². The van der Waals surface area contributed by atoms with E-state index < -0.39 is 38.8 Å². The minimum absolute atomic E-state index is 0. The Labute approximate surface area is 757 Å². The Morgan fingerprint density at radius 2 is 0.492 bits per heavy atom. The summed E-state index contributed by atoms with van der Waals surface area (Å²) in [5, 5.41) is 20.0. The van der Waals surface area contributed by atoms with Gasteiger partial charge in [-0.15, -0.1) is 0 Å². The molecule has 0 N–H and O–H groups in total. The number of nitrogens with zero attached hydrogens (tertiary/aromatic N) is 4. The van der Waals surface area contributed by atoms with Crippen molar-refractivity contribution in [3.05, 3.63) is 488 Å². The van der Waals surface area contributed by atoms with Crippen molar-refractivity contribution in [2.24, 2.45) is 0 Å². The van der Waals surface area contributed by atoms with E-state index in [2.05, 4.69) is 412 Å². The van der Waals surface area contributed by atoms with E-state index in [1.807, 2.05) is 100 Å². The van der Waals surface area contributed by atoms with E-state index in [0.29, 0.717) is 10.3 Å². The van der Waals surface area contributed by atoms with E-state index in [0.717, 1.165) is 37.5 Å². The number of fused-ring (bicyclic) bond motifs is 2. The van der Waals surface area contributed by atoms with Crippen LogP contribution >= 0.6 is 70.8 Å². The molecule has 1 fully saturated rings.